The Morgan fingerprint density at radius 3 is 2.75 bits per heavy atom. The Kier molecular flexibility index (Phi) is 7.93. The van der Waals surface area contributed by atoms with Gasteiger partial charge in [0, 0.05) is 22.5 Å². The molecular formula is C12H18BrNOS. The fourth-order valence-electron chi connectivity index (χ4n) is 1.33. The molecule has 0 amide bonds. The predicted octanol–water partition coefficient (Wildman–Crippen LogP) is 3.60. The van der Waals surface area contributed by atoms with Crippen LogP contribution in [0.25, 0.3) is 0 Å². The summed E-state index contributed by atoms with van der Waals surface area (Å²) in [4.78, 5) is 1.23. The van der Waals surface area contributed by atoms with E-state index in [-0.39, 0.29) is 0 Å². The molecule has 0 saturated heterocycles. The van der Waals surface area contributed by atoms with Crippen LogP contribution in [0.2, 0.25) is 0 Å². The van der Waals surface area contributed by atoms with Gasteiger partial charge in [-0.25, -0.2) is 0 Å². The molecule has 0 heterocycles. The molecule has 0 atom stereocenters. The lowest BCUT2D eigenvalue weighted by Gasteiger charge is -2.04. The van der Waals surface area contributed by atoms with Crippen molar-refractivity contribution < 1.29 is 5.11 Å². The van der Waals surface area contributed by atoms with Crippen molar-refractivity contribution in [2.24, 2.45) is 0 Å². The minimum Gasteiger partial charge on any atom is -0.396 e. The second-order valence-electron chi connectivity index (χ2n) is 3.59. The van der Waals surface area contributed by atoms with Crippen LogP contribution in [0, 0.1) is 0 Å². The Labute approximate surface area is 110 Å². The molecule has 90 valence electrons. The van der Waals surface area contributed by atoms with Crippen molar-refractivity contribution in [2.75, 3.05) is 13.2 Å². The van der Waals surface area contributed by atoms with E-state index in [2.05, 4.69) is 32.8 Å². The van der Waals surface area contributed by atoms with Crippen LogP contribution >= 0.6 is 27.9 Å². The Morgan fingerprint density at radius 1 is 1.19 bits per heavy atom. The van der Waals surface area contributed by atoms with Crippen LogP contribution in [0.4, 0.5) is 0 Å². The predicted molar refractivity (Wildman–Crippen MR) is 73.6 cm³/mol. The molecular weight excluding hydrogens is 286 g/mol. The van der Waals surface area contributed by atoms with E-state index < -0.39 is 0 Å². The summed E-state index contributed by atoms with van der Waals surface area (Å²) < 4.78 is 4.45. The zero-order chi connectivity index (χ0) is 11.6. The average molecular weight is 304 g/mol. The fourth-order valence-corrected chi connectivity index (χ4v) is 2.62. The molecule has 4 heteroatoms. The van der Waals surface area contributed by atoms with Gasteiger partial charge in [0.2, 0.25) is 0 Å². The van der Waals surface area contributed by atoms with Gasteiger partial charge in [0.1, 0.15) is 0 Å². The van der Waals surface area contributed by atoms with Gasteiger partial charge in [0.05, 0.1) is 0 Å². The SMILES string of the molecule is OCCCCCCNSc1cccc(Br)c1. The third kappa shape index (κ3) is 6.53. The van der Waals surface area contributed by atoms with Gasteiger partial charge in [-0.1, -0.05) is 34.8 Å². The first-order chi connectivity index (χ1) is 7.83. The molecule has 2 N–H and O–H groups in total. The molecule has 0 bridgehead atoms. The van der Waals surface area contributed by atoms with E-state index in [1.165, 1.54) is 17.7 Å². The first-order valence-corrected chi connectivity index (χ1v) is 7.20. The van der Waals surface area contributed by atoms with Crippen LogP contribution in [-0.4, -0.2) is 18.3 Å². The molecule has 1 rings (SSSR count). The van der Waals surface area contributed by atoms with Crippen molar-refractivity contribution in [1.29, 1.82) is 0 Å². The van der Waals surface area contributed by atoms with Gasteiger partial charge in [-0.05, 0) is 43.0 Å². The standard InChI is InChI=1S/C12H18BrNOS/c13-11-6-5-7-12(10-11)16-14-8-3-1-2-4-9-15/h5-7,10,14-15H,1-4,8-9H2. The lowest BCUT2D eigenvalue weighted by molar-refractivity contribution is 0.282. The van der Waals surface area contributed by atoms with Crippen LogP contribution in [0.5, 0.6) is 0 Å². The summed E-state index contributed by atoms with van der Waals surface area (Å²) in [5, 5.41) is 8.62. The van der Waals surface area contributed by atoms with Gasteiger partial charge in [-0.3, -0.25) is 4.72 Å². The van der Waals surface area contributed by atoms with Gasteiger partial charge in [0.15, 0.2) is 0 Å². The molecule has 0 radical (unpaired) electrons. The number of unbranched alkanes of at least 4 members (excludes halogenated alkanes) is 3. The molecule has 0 aliphatic heterocycles. The maximum Gasteiger partial charge on any atom is 0.0431 e. The summed E-state index contributed by atoms with van der Waals surface area (Å²) in [5.41, 5.74) is 0. The van der Waals surface area contributed by atoms with E-state index in [1.54, 1.807) is 11.9 Å². The van der Waals surface area contributed by atoms with Crippen LogP contribution in [0.1, 0.15) is 25.7 Å². The van der Waals surface area contributed by atoms with Gasteiger partial charge in [0.25, 0.3) is 0 Å². The smallest absolute Gasteiger partial charge is 0.0431 e. The van der Waals surface area contributed by atoms with Crippen molar-refractivity contribution >= 4 is 27.9 Å². The summed E-state index contributed by atoms with van der Waals surface area (Å²) in [6.45, 7) is 1.34. The van der Waals surface area contributed by atoms with Crippen molar-refractivity contribution in [2.45, 2.75) is 30.6 Å². The lowest BCUT2D eigenvalue weighted by atomic mass is 10.2. The molecule has 1 aromatic carbocycles. The van der Waals surface area contributed by atoms with E-state index in [0.29, 0.717) is 6.61 Å². The molecule has 2 nitrogen and oxygen atoms in total. The highest BCUT2D eigenvalue weighted by atomic mass is 79.9. The molecule has 0 saturated carbocycles. The van der Waals surface area contributed by atoms with E-state index in [4.69, 9.17) is 5.11 Å². The molecule has 0 aromatic heterocycles. The largest absolute Gasteiger partial charge is 0.396 e. The summed E-state index contributed by atoms with van der Waals surface area (Å²) in [5.74, 6) is 0. The average Bonchev–Trinajstić information content (AvgIpc) is 2.28. The lowest BCUT2D eigenvalue weighted by Crippen LogP contribution is -2.05. The highest BCUT2D eigenvalue weighted by molar-refractivity contribution is 9.10. The van der Waals surface area contributed by atoms with Gasteiger partial charge < -0.3 is 5.11 Å². The Balaban J connectivity index is 2.03. The van der Waals surface area contributed by atoms with Gasteiger partial charge >= 0.3 is 0 Å². The first kappa shape index (κ1) is 14.0. The molecule has 0 fully saturated rings. The van der Waals surface area contributed by atoms with Crippen LogP contribution in [0.3, 0.4) is 0 Å². The number of hydrogen-bond donors (Lipinski definition) is 2. The number of benzene rings is 1. The van der Waals surface area contributed by atoms with Gasteiger partial charge in [-0.15, -0.1) is 0 Å². The number of aliphatic hydroxyl groups excluding tert-OH is 1. The van der Waals surface area contributed by atoms with Gasteiger partial charge in [-0.2, -0.15) is 0 Å². The maximum absolute atomic E-state index is 8.62. The second kappa shape index (κ2) is 9.05. The third-order valence-electron chi connectivity index (χ3n) is 2.17. The molecule has 1 aromatic rings. The van der Waals surface area contributed by atoms with Crippen molar-refractivity contribution in [3.8, 4) is 0 Å². The minimum absolute atomic E-state index is 0.320. The number of halogens is 1. The Hall–Kier alpha value is -0.0300. The summed E-state index contributed by atoms with van der Waals surface area (Å²) in [6, 6.07) is 8.26. The highest BCUT2D eigenvalue weighted by Crippen LogP contribution is 2.19. The van der Waals surface area contributed by atoms with Crippen LogP contribution < -0.4 is 4.72 Å². The zero-order valence-corrected chi connectivity index (χ0v) is 11.7. The summed E-state index contributed by atoms with van der Waals surface area (Å²) in [6.07, 6.45) is 4.41. The first-order valence-electron chi connectivity index (χ1n) is 5.59. The molecule has 16 heavy (non-hydrogen) atoms. The number of nitrogens with one attached hydrogen (secondary N) is 1. The number of aliphatic hydroxyl groups is 1. The van der Waals surface area contributed by atoms with Crippen LogP contribution in [0.15, 0.2) is 33.6 Å². The Bertz CT molecular complexity index is 296. The van der Waals surface area contributed by atoms with E-state index in [9.17, 15) is 0 Å². The third-order valence-corrected chi connectivity index (χ3v) is 3.50. The molecule has 0 unspecified atom stereocenters. The zero-order valence-electron chi connectivity index (χ0n) is 9.29. The monoisotopic (exact) mass is 303 g/mol. The summed E-state index contributed by atoms with van der Waals surface area (Å²) >= 11 is 5.12. The van der Waals surface area contributed by atoms with E-state index >= 15 is 0 Å². The molecule has 0 aliphatic carbocycles. The number of hydrogen-bond acceptors (Lipinski definition) is 3. The van der Waals surface area contributed by atoms with Crippen molar-refractivity contribution in [3.63, 3.8) is 0 Å². The maximum atomic E-state index is 8.62. The van der Waals surface area contributed by atoms with E-state index in [0.717, 1.165) is 23.9 Å². The number of rotatable bonds is 8. The van der Waals surface area contributed by atoms with E-state index in [1.807, 2.05) is 12.1 Å². The summed E-state index contributed by atoms with van der Waals surface area (Å²) in [7, 11) is 0. The van der Waals surface area contributed by atoms with Crippen LogP contribution in [-0.2, 0) is 0 Å². The fraction of sp³-hybridized carbons (Fsp3) is 0.500. The second-order valence-corrected chi connectivity index (χ2v) is 5.47. The highest BCUT2D eigenvalue weighted by Gasteiger charge is 1.94. The molecule has 0 spiro atoms. The van der Waals surface area contributed by atoms with Crippen molar-refractivity contribution in [3.05, 3.63) is 28.7 Å². The normalized spacial score (nSPS) is 10.6. The van der Waals surface area contributed by atoms with Crippen molar-refractivity contribution in [1.82, 2.24) is 4.72 Å². The quantitative estimate of drug-likeness (QED) is 0.568. The topological polar surface area (TPSA) is 32.3 Å². The Morgan fingerprint density at radius 2 is 2.00 bits per heavy atom. The molecule has 0 aliphatic rings. The minimum atomic E-state index is 0.320.